The summed E-state index contributed by atoms with van der Waals surface area (Å²) in [5.41, 5.74) is 1.28. The Morgan fingerprint density at radius 3 is 2.83 bits per heavy atom. The molecule has 1 amide bonds. The van der Waals surface area contributed by atoms with Gasteiger partial charge in [-0.3, -0.25) is 4.79 Å². The van der Waals surface area contributed by atoms with Gasteiger partial charge in [0.2, 0.25) is 5.91 Å². The molecule has 0 saturated carbocycles. The molecular weight excluding hydrogens is 353 g/mol. The van der Waals surface area contributed by atoms with Crippen molar-refractivity contribution in [1.82, 2.24) is 10.3 Å². The van der Waals surface area contributed by atoms with Crippen molar-refractivity contribution in [3.63, 3.8) is 0 Å². The van der Waals surface area contributed by atoms with E-state index in [0.717, 1.165) is 13.1 Å². The quantitative estimate of drug-likeness (QED) is 0.847. The molecule has 0 spiro atoms. The standard InChI is InChI=1S/C16H18FN3O2S.ClH/c1-9(11-6-18-7-11)15(21)20-16-19-13(8-23-16)10-3-4-14(22-2)12(17)5-10;/h3-5,8-9,11,18H,6-7H2,1-2H3,(H,19,20,21);1H. The molecule has 2 heterocycles. The molecule has 24 heavy (non-hydrogen) atoms. The zero-order valence-corrected chi connectivity index (χ0v) is 15.0. The molecule has 130 valence electrons. The van der Waals surface area contributed by atoms with Crippen LogP contribution in [0.3, 0.4) is 0 Å². The summed E-state index contributed by atoms with van der Waals surface area (Å²) in [5, 5.41) is 8.33. The molecular formula is C16H19ClFN3O2S. The molecule has 1 aliphatic heterocycles. The topological polar surface area (TPSA) is 63.2 Å². The highest BCUT2D eigenvalue weighted by molar-refractivity contribution is 7.14. The van der Waals surface area contributed by atoms with Gasteiger partial charge in [0.15, 0.2) is 16.7 Å². The van der Waals surface area contributed by atoms with Gasteiger partial charge >= 0.3 is 0 Å². The number of hydrogen-bond acceptors (Lipinski definition) is 5. The van der Waals surface area contributed by atoms with Crippen molar-refractivity contribution in [2.45, 2.75) is 6.92 Å². The minimum absolute atomic E-state index is 0. The molecule has 2 N–H and O–H groups in total. The maximum absolute atomic E-state index is 13.8. The monoisotopic (exact) mass is 371 g/mol. The Balaban J connectivity index is 0.00000208. The van der Waals surface area contributed by atoms with Gasteiger partial charge in [-0.2, -0.15) is 0 Å². The Kier molecular flexibility index (Phi) is 6.15. The second-order valence-electron chi connectivity index (χ2n) is 5.58. The number of ether oxygens (including phenoxy) is 1. The van der Waals surface area contributed by atoms with Crippen LogP contribution in [0.1, 0.15) is 6.92 Å². The number of halogens is 2. The Hall–Kier alpha value is -1.70. The largest absolute Gasteiger partial charge is 0.494 e. The predicted octanol–water partition coefficient (Wildman–Crippen LogP) is 3.17. The van der Waals surface area contributed by atoms with Gasteiger partial charge in [-0.25, -0.2) is 9.37 Å². The van der Waals surface area contributed by atoms with Gasteiger partial charge in [-0.05, 0) is 37.2 Å². The fourth-order valence-electron chi connectivity index (χ4n) is 2.39. The molecule has 1 saturated heterocycles. The van der Waals surface area contributed by atoms with E-state index in [4.69, 9.17) is 4.74 Å². The number of benzene rings is 1. The van der Waals surface area contributed by atoms with Crippen molar-refractivity contribution in [2.24, 2.45) is 11.8 Å². The molecule has 1 aliphatic rings. The SMILES string of the molecule is COc1ccc(-c2csc(NC(=O)C(C)C3CNC3)n2)cc1F.Cl. The summed E-state index contributed by atoms with van der Waals surface area (Å²) in [6, 6.07) is 4.68. The van der Waals surface area contributed by atoms with Crippen LogP contribution in [-0.2, 0) is 4.79 Å². The first-order valence-electron chi connectivity index (χ1n) is 7.39. The second kappa shape index (κ2) is 7.92. The third kappa shape index (κ3) is 3.85. The first-order valence-corrected chi connectivity index (χ1v) is 8.27. The number of rotatable bonds is 5. The van der Waals surface area contributed by atoms with E-state index in [-0.39, 0.29) is 30.0 Å². The molecule has 3 rings (SSSR count). The zero-order valence-electron chi connectivity index (χ0n) is 13.3. The molecule has 0 bridgehead atoms. The Morgan fingerprint density at radius 1 is 1.50 bits per heavy atom. The van der Waals surface area contributed by atoms with Crippen LogP contribution in [0.15, 0.2) is 23.6 Å². The molecule has 1 fully saturated rings. The molecule has 0 aliphatic carbocycles. The fourth-order valence-corrected chi connectivity index (χ4v) is 3.11. The van der Waals surface area contributed by atoms with Crippen molar-refractivity contribution >= 4 is 34.8 Å². The molecule has 1 aromatic carbocycles. The molecule has 5 nitrogen and oxygen atoms in total. The lowest BCUT2D eigenvalue weighted by atomic mass is 9.88. The summed E-state index contributed by atoms with van der Waals surface area (Å²) in [6.07, 6.45) is 0. The molecule has 1 aromatic heterocycles. The normalized spacial score (nSPS) is 15.1. The summed E-state index contributed by atoms with van der Waals surface area (Å²) in [7, 11) is 1.42. The molecule has 8 heteroatoms. The van der Waals surface area contributed by atoms with Crippen molar-refractivity contribution in [1.29, 1.82) is 0 Å². The van der Waals surface area contributed by atoms with E-state index in [1.54, 1.807) is 17.5 Å². The third-order valence-electron chi connectivity index (χ3n) is 4.12. The number of aromatic nitrogens is 1. The Labute approximate surface area is 150 Å². The molecule has 1 unspecified atom stereocenters. The predicted molar refractivity (Wildman–Crippen MR) is 95.5 cm³/mol. The minimum atomic E-state index is -0.435. The van der Waals surface area contributed by atoms with E-state index >= 15 is 0 Å². The van der Waals surface area contributed by atoms with Gasteiger partial charge in [0.05, 0.1) is 12.8 Å². The number of hydrogen-bond donors (Lipinski definition) is 2. The summed E-state index contributed by atoms with van der Waals surface area (Å²) in [4.78, 5) is 16.5. The third-order valence-corrected chi connectivity index (χ3v) is 4.87. The van der Waals surface area contributed by atoms with Crippen LogP contribution in [0.25, 0.3) is 11.3 Å². The number of amides is 1. The second-order valence-corrected chi connectivity index (χ2v) is 6.44. The fraction of sp³-hybridized carbons (Fsp3) is 0.375. The maximum atomic E-state index is 13.8. The van der Waals surface area contributed by atoms with Crippen molar-refractivity contribution in [3.05, 3.63) is 29.4 Å². The average Bonchev–Trinajstić information content (AvgIpc) is 2.93. The van der Waals surface area contributed by atoms with E-state index in [1.165, 1.54) is 24.5 Å². The van der Waals surface area contributed by atoms with Crippen molar-refractivity contribution in [2.75, 3.05) is 25.5 Å². The lowest BCUT2D eigenvalue weighted by molar-refractivity contribution is -0.121. The van der Waals surface area contributed by atoms with Gasteiger partial charge in [-0.1, -0.05) is 6.92 Å². The number of methoxy groups -OCH3 is 1. The Bertz CT molecular complexity index is 721. The van der Waals surface area contributed by atoms with E-state index in [2.05, 4.69) is 15.6 Å². The van der Waals surface area contributed by atoms with Gasteiger partial charge in [0.25, 0.3) is 0 Å². The average molecular weight is 372 g/mol. The summed E-state index contributed by atoms with van der Waals surface area (Å²) >= 11 is 1.33. The van der Waals surface area contributed by atoms with Gasteiger partial charge in [0.1, 0.15) is 0 Å². The highest BCUT2D eigenvalue weighted by atomic mass is 35.5. The smallest absolute Gasteiger partial charge is 0.229 e. The molecule has 1 atom stereocenters. The maximum Gasteiger partial charge on any atom is 0.229 e. The summed E-state index contributed by atoms with van der Waals surface area (Å²) in [6.45, 7) is 3.68. The van der Waals surface area contributed by atoms with Crippen LogP contribution in [-0.4, -0.2) is 31.1 Å². The number of carbonyl (C=O) groups is 1. The minimum Gasteiger partial charge on any atom is -0.494 e. The lowest BCUT2D eigenvalue weighted by Gasteiger charge is -2.31. The number of nitrogens with zero attached hydrogens (tertiary/aromatic N) is 1. The Morgan fingerprint density at radius 2 is 2.25 bits per heavy atom. The highest BCUT2D eigenvalue weighted by Crippen LogP contribution is 2.29. The first kappa shape index (κ1) is 18.6. The van der Waals surface area contributed by atoms with E-state index in [1.807, 2.05) is 6.92 Å². The van der Waals surface area contributed by atoms with Crippen molar-refractivity contribution in [3.8, 4) is 17.0 Å². The molecule has 2 aromatic rings. The van der Waals surface area contributed by atoms with Crippen molar-refractivity contribution < 1.29 is 13.9 Å². The first-order chi connectivity index (χ1) is 11.1. The molecule has 0 radical (unpaired) electrons. The van der Waals surface area contributed by atoms with Crippen LogP contribution in [0, 0.1) is 17.7 Å². The van der Waals surface area contributed by atoms with E-state index in [0.29, 0.717) is 22.3 Å². The summed E-state index contributed by atoms with van der Waals surface area (Å²) < 4.78 is 18.7. The lowest BCUT2D eigenvalue weighted by Crippen LogP contribution is -2.48. The van der Waals surface area contributed by atoms with Crippen LogP contribution in [0.4, 0.5) is 9.52 Å². The van der Waals surface area contributed by atoms with Gasteiger partial charge in [0, 0.05) is 16.9 Å². The van der Waals surface area contributed by atoms with Crippen LogP contribution < -0.4 is 15.4 Å². The number of nitrogens with one attached hydrogen (secondary N) is 2. The van der Waals surface area contributed by atoms with Crippen LogP contribution in [0.2, 0.25) is 0 Å². The van der Waals surface area contributed by atoms with E-state index in [9.17, 15) is 9.18 Å². The van der Waals surface area contributed by atoms with Crippen LogP contribution in [0.5, 0.6) is 5.75 Å². The highest BCUT2D eigenvalue weighted by Gasteiger charge is 2.29. The number of carbonyl (C=O) groups excluding carboxylic acids is 1. The van der Waals surface area contributed by atoms with E-state index < -0.39 is 5.82 Å². The number of anilines is 1. The van der Waals surface area contributed by atoms with Gasteiger partial charge in [-0.15, -0.1) is 23.7 Å². The van der Waals surface area contributed by atoms with Crippen LogP contribution >= 0.6 is 23.7 Å². The van der Waals surface area contributed by atoms with Gasteiger partial charge < -0.3 is 15.4 Å². The zero-order chi connectivity index (χ0) is 16.4. The number of thiazole rings is 1. The summed E-state index contributed by atoms with van der Waals surface area (Å²) in [5.74, 6) is 0.0561.